The van der Waals surface area contributed by atoms with E-state index in [2.05, 4.69) is 5.32 Å². The Kier molecular flexibility index (Phi) is 6.24. The highest BCUT2D eigenvalue weighted by atomic mass is 32.2. The summed E-state index contributed by atoms with van der Waals surface area (Å²) < 4.78 is 33.9. The van der Waals surface area contributed by atoms with E-state index in [0.29, 0.717) is 24.1 Å². The summed E-state index contributed by atoms with van der Waals surface area (Å²) in [5.74, 6) is -1.06. The number of esters is 1. The lowest BCUT2D eigenvalue weighted by molar-refractivity contribution is -0.119. The summed E-state index contributed by atoms with van der Waals surface area (Å²) in [7, 11) is -2.43. The van der Waals surface area contributed by atoms with Crippen LogP contribution in [0.25, 0.3) is 0 Å². The van der Waals surface area contributed by atoms with Gasteiger partial charge in [0.25, 0.3) is 0 Å². The molecule has 30 heavy (non-hydrogen) atoms. The normalized spacial score (nSPS) is 16.8. The number of benzene rings is 1. The molecule has 0 aliphatic carbocycles. The van der Waals surface area contributed by atoms with Crippen molar-refractivity contribution in [1.82, 2.24) is 8.87 Å². The van der Waals surface area contributed by atoms with Crippen LogP contribution >= 0.6 is 0 Å². The van der Waals surface area contributed by atoms with Crippen LogP contribution in [0.2, 0.25) is 0 Å². The lowest BCUT2D eigenvalue weighted by Gasteiger charge is -2.22. The Morgan fingerprint density at radius 3 is 2.63 bits per heavy atom. The van der Waals surface area contributed by atoms with E-state index >= 15 is 0 Å². The van der Waals surface area contributed by atoms with Gasteiger partial charge in [-0.1, -0.05) is 0 Å². The lowest BCUT2D eigenvalue weighted by Crippen LogP contribution is -2.43. The van der Waals surface area contributed by atoms with Crippen LogP contribution < -0.4 is 5.32 Å². The van der Waals surface area contributed by atoms with Crippen molar-refractivity contribution in [3.8, 4) is 6.07 Å². The van der Waals surface area contributed by atoms with E-state index in [-0.39, 0.29) is 23.7 Å². The van der Waals surface area contributed by atoms with Gasteiger partial charge in [-0.15, -0.1) is 0 Å². The molecule has 0 unspecified atom stereocenters. The van der Waals surface area contributed by atoms with E-state index in [0.717, 1.165) is 4.31 Å². The predicted octanol–water partition coefficient (Wildman–Crippen LogP) is 1.87. The molecule has 1 fully saturated rings. The van der Waals surface area contributed by atoms with Gasteiger partial charge >= 0.3 is 5.97 Å². The molecule has 1 aliphatic rings. The highest BCUT2D eigenvalue weighted by Crippen LogP contribution is 2.28. The summed E-state index contributed by atoms with van der Waals surface area (Å²) >= 11 is 0. The number of anilines is 1. The first-order valence-electron chi connectivity index (χ1n) is 9.44. The number of hydrogen-bond donors (Lipinski definition) is 1. The summed E-state index contributed by atoms with van der Waals surface area (Å²) in [4.78, 5) is 24.7. The molecule has 1 aromatic heterocycles. The first-order valence-corrected chi connectivity index (χ1v) is 10.9. The third kappa shape index (κ3) is 4.22. The standard InChI is InChI=1S/C20H22N4O5S/c1-3-29-20(26)18-11-16(13-23(18)2)30(27,28)24-10-4-5-17(24)19(25)22-15-8-6-14(12-21)7-9-15/h6-9,11,13,17H,3-5,10H2,1-2H3,(H,22,25)/t17-/m1/s1. The number of carbonyl (C=O) groups is 2. The predicted molar refractivity (Wildman–Crippen MR) is 108 cm³/mol. The molecule has 1 saturated heterocycles. The van der Waals surface area contributed by atoms with Crippen LogP contribution in [0.4, 0.5) is 5.69 Å². The minimum Gasteiger partial charge on any atom is -0.461 e. The molecule has 1 N–H and O–H groups in total. The van der Waals surface area contributed by atoms with Crippen LogP contribution in [-0.4, -0.2) is 48.4 Å². The Morgan fingerprint density at radius 2 is 2.00 bits per heavy atom. The zero-order chi connectivity index (χ0) is 21.9. The molecule has 1 aliphatic heterocycles. The van der Waals surface area contributed by atoms with Crippen molar-refractivity contribution in [2.75, 3.05) is 18.5 Å². The Balaban J connectivity index is 1.81. The highest BCUT2D eigenvalue weighted by Gasteiger charge is 2.40. The number of hydrogen-bond acceptors (Lipinski definition) is 6. The van der Waals surface area contributed by atoms with Crippen molar-refractivity contribution in [2.24, 2.45) is 7.05 Å². The molecule has 9 nitrogen and oxygen atoms in total. The molecule has 10 heteroatoms. The molecule has 158 valence electrons. The fourth-order valence-corrected chi connectivity index (χ4v) is 5.09. The number of aryl methyl sites for hydroxylation is 1. The van der Waals surface area contributed by atoms with Gasteiger partial charge in [0.2, 0.25) is 15.9 Å². The van der Waals surface area contributed by atoms with Gasteiger partial charge in [-0.3, -0.25) is 4.79 Å². The van der Waals surface area contributed by atoms with Crippen LogP contribution in [0.5, 0.6) is 0 Å². The number of rotatable bonds is 6. The molecule has 2 aromatic rings. The molecule has 0 spiro atoms. The zero-order valence-corrected chi connectivity index (χ0v) is 17.5. The number of nitrogens with one attached hydrogen (secondary N) is 1. The Labute approximate surface area is 174 Å². The van der Waals surface area contributed by atoms with Gasteiger partial charge in [-0.05, 0) is 50.1 Å². The number of aromatic nitrogens is 1. The maximum absolute atomic E-state index is 13.2. The minimum atomic E-state index is -3.99. The SMILES string of the molecule is CCOC(=O)c1cc(S(=O)(=O)N2CCC[C@@H]2C(=O)Nc2ccc(C#N)cc2)cn1C. The van der Waals surface area contributed by atoms with Crippen LogP contribution in [0, 0.1) is 11.3 Å². The fraction of sp³-hybridized carbons (Fsp3) is 0.350. The molecule has 1 atom stereocenters. The third-order valence-electron chi connectivity index (χ3n) is 4.86. The van der Waals surface area contributed by atoms with Gasteiger partial charge < -0.3 is 14.6 Å². The van der Waals surface area contributed by atoms with E-state index < -0.39 is 27.9 Å². The number of nitrogens with zero attached hydrogens (tertiary/aromatic N) is 3. The maximum Gasteiger partial charge on any atom is 0.354 e. The average Bonchev–Trinajstić information content (AvgIpc) is 3.36. The minimum absolute atomic E-state index is 0.0638. The van der Waals surface area contributed by atoms with E-state index in [9.17, 15) is 18.0 Å². The number of carbonyl (C=O) groups excluding carboxylic acids is 2. The first kappa shape index (κ1) is 21.5. The Hall–Kier alpha value is -3.16. The zero-order valence-electron chi connectivity index (χ0n) is 16.7. The molecule has 1 aromatic carbocycles. The summed E-state index contributed by atoms with van der Waals surface area (Å²) in [5.41, 5.74) is 1.06. The van der Waals surface area contributed by atoms with Crippen molar-refractivity contribution in [3.63, 3.8) is 0 Å². The quantitative estimate of drug-likeness (QED) is 0.698. The molecule has 0 radical (unpaired) electrons. The largest absolute Gasteiger partial charge is 0.461 e. The number of amides is 1. The topological polar surface area (TPSA) is 122 Å². The molecule has 2 heterocycles. The lowest BCUT2D eigenvalue weighted by atomic mass is 10.2. The third-order valence-corrected chi connectivity index (χ3v) is 6.73. The fourth-order valence-electron chi connectivity index (χ4n) is 3.36. The van der Waals surface area contributed by atoms with Crippen LogP contribution in [-0.2, 0) is 26.6 Å². The van der Waals surface area contributed by atoms with Gasteiger partial charge in [-0.25, -0.2) is 13.2 Å². The van der Waals surface area contributed by atoms with Crippen molar-refractivity contribution < 1.29 is 22.7 Å². The summed E-state index contributed by atoms with van der Waals surface area (Å²) in [5, 5.41) is 11.6. The monoisotopic (exact) mass is 430 g/mol. The first-order chi connectivity index (χ1) is 14.3. The number of sulfonamides is 1. The van der Waals surface area contributed by atoms with Crippen molar-refractivity contribution in [2.45, 2.75) is 30.7 Å². The van der Waals surface area contributed by atoms with Gasteiger partial charge in [-0.2, -0.15) is 9.57 Å². The second-order valence-electron chi connectivity index (χ2n) is 6.84. The number of nitriles is 1. The second-order valence-corrected chi connectivity index (χ2v) is 8.74. The van der Waals surface area contributed by atoms with Crippen molar-refractivity contribution >= 4 is 27.6 Å². The van der Waals surface area contributed by atoms with Gasteiger partial charge in [0.05, 0.1) is 18.2 Å². The van der Waals surface area contributed by atoms with Crippen molar-refractivity contribution in [1.29, 1.82) is 5.26 Å². The van der Waals surface area contributed by atoms with E-state index in [4.69, 9.17) is 10.00 Å². The molecule has 1 amide bonds. The molecule has 0 bridgehead atoms. The summed E-state index contributed by atoms with van der Waals surface area (Å²) in [6, 6.07) is 8.71. The number of ether oxygens (including phenoxy) is 1. The molecular weight excluding hydrogens is 408 g/mol. The Morgan fingerprint density at radius 1 is 1.30 bits per heavy atom. The van der Waals surface area contributed by atoms with Gasteiger partial charge in [0, 0.05) is 25.5 Å². The van der Waals surface area contributed by atoms with E-state index in [1.807, 2.05) is 6.07 Å². The summed E-state index contributed by atoms with van der Waals surface area (Å²) in [6.45, 7) is 2.05. The van der Waals surface area contributed by atoms with Gasteiger partial charge in [0.15, 0.2) is 0 Å². The molecular formula is C20H22N4O5S. The van der Waals surface area contributed by atoms with E-state index in [1.54, 1.807) is 38.2 Å². The smallest absolute Gasteiger partial charge is 0.354 e. The Bertz CT molecular complexity index is 1100. The van der Waals surface area contributed by atoms with Crippen LogP contribution in [0.3, 0.4) is 0 Å². The molecule has 3 rings (SSSR count). The van der Waals surface area contributed by atoms with E-state index in [1.165, 1.54) is 16.8 Å². The molecule has 0 saturated carbocycles. The second kappa shape index (κ2) is 8.69. The maximum atomic E-state index is 13.2. The van der Waals surface area contributed by atoms with Gasteiger partial charge in [0.1, 0.15) is 16.6 Å². The highest BCUT2D eigenvalue weighted by molar-refractivity contribution is 7.89. The van der Waals surface area contributed by atoms with Crippen LogP contribution in [0.1, 0.15) is 35.8 Å². The van der Waals surface area contributed by atoms with Crippen molar-refractivity contribution in [3.05, 3.63) is 47.8 Å². The average molecular weight is 430 g/mol. The van der Waals surface area contributed by atoms with Crippen LogP contribution in [0.15, 0.2) is 41.4 Å². The summed E-state index contributed by atoms with van der Waals surface area (Å²) in [6.07, 6.45) is 2.27.